The lowest BCUT2D eigenvalue weighted by Gasteiger charge is -2.18. The van der Waals surface area contributed by atoms with Crippen molar-refractivity contribution in [2.45, 2.75) is 31.4 Å². The van der Waals surface area contributed by atoms with Crippen molar-refractivity contribution in [1.82, 2.24) is 0 Å². The number of aliphatic carboxylic acids is 1. The van der Waals surface area contributed by atoms with E-state index >= 15 is 0 Å². The van der Waals surface area contributed by atoms with Gasteiger partial charge < -0.3 is 15.9 Å². The van der Waals surface area contributed by atoms with Gasteiger partial charge in [0.1, 0.15) is 0 Å². The number of carboxylic acids is 1. The molecule has 0 aliphatic carbocycles. The van der Waals surface area contributed by atoms with Crippen molar-refractivity contribution >= 4 is 5.97 Å². The molecule has 4 nitrogen and oxygen atoms in total. The fourth-order valence-corrected chi connectivity index (χ4v) is 1.51. The molecule has 0 unspecified atom stereocenters. The monoisotopic (exact) mass is 223 g/mol. The second kappa shape index (κ2) is 6.25. The minimum Gasteiger partial charge on any atom is -0.481 e. The van der Waals surface area contributed by atoms with Gasteiger partial charge in [-0.15, -0.1) is 0 Å². The molecule has 1 rings (SSSR count). The quantitative estimate of drug-likeness (QED) is 0.665. The van der Waals surface area contributed by atoms with Crippen LogP contribution in [-0.4, -0.2) is 28.3 Å². The lowest BCUT2D eigenvalue weighted by Crippen LogP contribution is -2.36. The number of hydrogen-bond acceptors (Lipinski definition) is 3. The molecule has 1 aromatic carbocycles. The van der Waals surface area contributed by atoms with E-state index in [2.05, 4.69) is 0 Å². The van der Waals surface area contributed by atoms with Crippen molar-refractivity contribution in [1.29, 1.82) is 0 Å². The van der Waals surface area contributed by atoms with Crippen LogP contribution < -0.4 is 5.73 Å². The number of carboxylic acid groups (broad SMARTS) is 1. The van der Waals surface area contributed by atoms with Crippen LogP contribution in [0.15, 0.2) is 30.3 Å². The molecule has 0 fully saturated rings. The number of benzene rings is 1. The second-order valence-electron chi connectivity index (χ2n) is 3.85. The van der Waals surface area contributed by atoms with Gasteiger partial charge in [-0.25, -0.2) is 0 Å². The summed E-state index contributed by atoms with van der Waals surface area (Å²) in [5.41, 5.74) is 6.84. The molecule has 0 saturated carbocycles. The van der Waals surface area contributed by atoms with Gasteiger partial charge in [0.05, 0.1) is 6.10 Å². The van der Waals surface area contributed by atoms with Crippen LogP contribution in [0.3, 0.4) is 0 Å². The zero-order valence-electron chi connectivity index (χ0n) is 9.04. The molecule has 0 heterocycles. The molecule has 2 atom stereocenters. The highest BCUT2D eigenvalue weighted by Crippen LogP contribution is 2.08. The van der Waals surface area contributed by atoms with Crippen LogP contribution in [0.5, 0.6) is 0 Å². The molecular formula is C12H17NO3. The lowest BCUT2D eigenvalue weighted by molar-refractivity contribution is -0.137. The van der Waals surface area contributed by atoms with E-state index in [1.54, 1.807) is 0 Å². The highest BCUT2D eigenvalue weighted by molar-refractivity contribution is 5.66. The normalized spacial score (nSPS) is 14.4. The number of carbonyl (C=O) groups is 1. The summed E-state index contributed by atoms with van der Waals surface area (Å²) in [6.07, 6.45) is -0.0643. The summed E-state index contributed by atoms with van der Waals surface area (Å²) >= 11 is 0. The second-order valence-corrected chi connectivity index (χ2v) is 3.85. The Balaban J connectivity index is 2.39. The van der Waals surface area contributed by atoms with E-state index in [0.29, 0.717) is 6.42 Å². The van der Waals surface area contributed by atoms with E-state index in [1.165, 1.54) is 0 Å². The van der Waals surface area contributed by atoms with Gasteiger partial charge in [-0.1, -0.05) is 30.3 Å². The minimum atomic E-state index is -0.911. The average Bonchev–Trinajstić information content (AvgIpc) is 2.27. The third kappa shape index (κ3) is 4.42. The van der Waals surface area contributed by atoms with Crippen molar-refractivity contribution in [3.05, 3.63) is 35.9 Å². The number of hydrogen-bond donors (Lipinski definition) is 3. The van der Waals surface area contributed by atoms with E-state index < -0.39 is 18.1 Å². The Morgan fingerprint density at radius 2 is 1.94 bits per heavy atom. The Morgan fingerprint density at radius 3 is 2.50 bits per heavy atom. The standard InChI is InChI=1S/C12H17NO3/c13-10(11(14)6-7-12(15)16)8-9-4-2-1-3-5-9/h1-5,10-11,14H,6-8,13H2,(H,15,16)/t10-,11-/m0/s1. The topological polar surface area (TPSA) is 83.5 Å². The van der Waals surface area contributed by atoms with E-state index in [4.69, 9.17) is 10.8 Å². The van der Waals surface area contributed by atoms with Crippen molar-refractivity contribution < 1.29 is 15.0 Å². The van der Waals surface area contributed by atoms with E-state index in [1.807, 2.05) is 30.3 Å². The zero-order valence-corrected chi connectivity index (χ0v) is 9.04. The summed E-state index contributed by atoms with van der Waals surface area (Å²) in [5, 5.41) is 18.1. The first-order chi connectivity index (χ1) is 7.59. The van der Waals surface area contributed by atoms with Gasteiger partial charge >= 0.3 is 5.97 Å². The van der Waals surface area contributed by atoms with Gasteiger partial charge in [0.25, 0.3) is 0 Å². The Bertz CT molecular complexity index is 326. The Kier molecular flexibility index (Phi) is 4.95. The molecule has 4 N–H and O–H groups in total. The number of nitrogens with two attached hydrogens (primary N) is 1. The van der Waals surface area contributed by atoms with Gasteiger partial charge in [0.2, 0.25) is 0 Å². The molecule has 0 radical (unpaired) electrons. The fraction of sp³-hybridized carbons (Fsp3) is 0.417. The number of rotatable bonds is 6. The highest BCUT2D eigenvalue weighted by atomic mass is 16.4. The van der Waals surface area contributed by atoms with Crippen molar-refractivity contribution in [3.8, 4) is 0 Å². The van der Waals surface area contributed by atoms with Crippen LogP contribution in [0.25, 0.3) is 0 Å². The first kappa shape index (κ1) is 12.7. The molecule has 0 spiro atoms. The van der Waals surface area contributed by atoms with Crippen LogP contribution in [0.1, 0.15) is 18.4 Å². The van der Waals surface area contributed by atoms with Crippen LogP contribution in [0, 0.1) is 0 Å². The summed E-state index contributed by atoms with van der Waals surface area (Å²) in [6.45, 7) is 0. The average molecular weight is 223 g/mol. The van der Waals surface area contributed by atoms with Gasteiger partial charge in [0, 0.05) is 12.5 Å². The molecule has 16 heavy (non-hydrogen) atoms. The molecule has 0 aromatic heterocycles. The molecule has 1 aromatic rings. The third-order valence-corrected chi connectivity index (χ3v) is 2.46. The molecule has 88 valence electrons. The largest absolute Gasteiger partial charge is 0.481 e. The van der Waals surface area contributed by atoms with Gasteiger partial charge in [0.15, 0.2) is 0 Å². The van der Waals surface area contributed by atoms with Crippen molar-refractivity contribution in [2.75, 3.05) is 0 Å². The van der Waals surface area contributed by atoms with Crippen molar-refractivity contribution in [2.24, 2.45) is 5.73 Å². The molecule has 0 amide bonds. The number of aliphatic hydroxyl groups is 1. The molecule has 0 aliphatic rings. The molecule has 0 saturated heterocycles. The summed E-state index contributed by atoms with van der Waals surface area (Å²) in [5.74, 6) is -0.911. The van der Waals surface area contributed by atoms with Gasteiger partial charge in [-0.05, 0) is 18.4 Å². The van der Waals surface area contributed by atoms with Crippen molar-refractivity contribution in [3.63, 3.8) is 0 Å². The summed E-state index contributed by atoms with van der Waals surface area (Å²) in [7, 11) is 0. The van der Waals surface area contributed by atoms with E-state index in [9.17, 15) is 9.90 Å². The van der Waals surface area contributed by atoms with Crippen LogP contribution in [-0.2, 0) is 11.2 Å². The highest BCUT2D eigenvalue weighted by Gasteiger charge is 2.16. The third-order valence-electron chi connectivity index (χ3n) is 2.46. The predicted molar refractivity (Wildman–Crippen MR) is 61.0 cm³/mol. The molecular weight excluding hydrogens is 206 g/mol. The maximum absolute atomic E-state index is 10.3. The molecule has 0 aliphatic heterocycles. The summed E-state index contributed by atoms with van der Waals surface area (Å²) in [6, 6.07) is 9.18. The fourth-order valence-electron chi connectivity index (χ4n) is 1.51. The smallest absolute Gasteiger partial charge is 0.303 e. The lowest BCUT2D eigenvalue weighted by atomic mass is 9.99. The maximum Gasteiger partial charge on any atom is 0.303 e. The van der Waals surface area contributed by atoms with Gasteiger partial charge in [-0.2, -0.15) is 0 Å². The van der Waals surface area contributed by atoms with Crippen LogP contribution in [0.2, 0.25) is 0 Å². The number of aliphatic hydroxyl groups excluding tert-OH is 1. The maximum atomic E-state index is 10.3. The first-order valence-corrected chi connectivity index (χ1v) is 5.29. The molecule has 4 heteroatoms. The zero-order chi connectivity index (χ0) is 12.0. The Hall–Kier alpha value is -1.39. The van der Waals surface area contributed by atoms with E-state index in [0.717, 1.165) is 5.56 Å². The Morgan fingerprint density at radius 1 is 1.31 bits per heavy atom. The summed E-state index contributed by atoms with van der Waals surface area (Å²) < 4.78 is 0. The first-order valence-electron chi connectivity index (χ1n) is 5.29. The SMILES string of the molecule is N[C@@H](Cc1ccccc1)[C@@H](O)CCC(=O)O. The van der Waals surface area contributed by atoms with E-state index in [-0.39, 0.29) is 12.8 Å². The molecule has 0 bridgehead atoms. The minimum absolute atomic E-state index is 0.0519. The van der Waals surface area contributed by atoms with Crippen LogP contribution >= 0.6 is 0 Å². The van der Waals surface area contributed by atoms with Crippen LogP contribution in [0.4, 0.5) is 0 Å². The van der Waals surface area contributed by atoms with Gasteiger partial charge in [-0.3, -0.25) is 4.79 Å². The predicted octanol–water partition coefficient (Wildman–Crippen LogP) is 0.782. The Labute approximate surface area is 94.7 Å². The summed E-state index contributed by atoms with van der Waals surface area (Å²) in [4.78, 5) is 10.3.